The van der Waals surface area contributed by atoms with Gasteiger partial charge in [-0.1, -0.05) is 30.3 Å². The normalized spacial score (nSPS) is 20.7. The Hall–Kier alpha value is -1.68. The second-order valence-electron chi connectivity index (χ2n) is 4.51. The fourth-order valence-corrected chi connectivity index (χ4v) is 2.19. The summed E-state index contributed by atoms with van der Waals surface area (Å²) in [6, 6.07) is 8.72. The van der Waals surface area contributed by atoms with Crippen molar-refractivity contribution in [2.75, 3.05) is 0 Å². The van der Waals surface area contributed by atoms with E-state index in [-0.39, 0.29) is 11.9 Å². The van der Waals surface area contributed by atoms with Crippen LogP contribution in [0.5, 0.6) is 0 Å². The number of hydrogen-bond acceptors (Lipinski definition) is 3. The SMILES string of the molecule is N[C@H](Cc1ccccc1)C(=O)N1[CH]CC[C@H]1C=O. The lowest BCUT2D eigenvalue weighted by atomic mass is 10.1. The van der Waals surface area contributed by atoms with Crippen LogP contribution in [0, 0.1) is 6.54 Å². The van der Waals surface area contributed by atoms with Crippen LogP contribution in [0.2, 0.25) is 0 Å². The van der Waals surface area contributed by atoms with Crippen LogP contribution in [0.4, 0.5) is 0 Å². The van der Waals surface area contributed by atoms with Gasteiger partial charge in [-0.2, -0.15) is 0 Å². The monoisotopic (exact) mass is 245 g/mol. The predicted octanol–water partition coefficient (Wildman–Crippen LogP) is 0.908. The minimum atomic E-state index is -0.593. The summed E-state index contributed by atoms with van der Waals surface area (Å²) in [5, 5.41) is 0. The summed E-state index contributed by atoms with van der Waals surface area (Å²) in [4.78, 5) is 24.5. The maximum absolute atomic E-state index is 12.1. The van der Waals surface area contributed by atoms with Gasteiger partial charge in [0.1, 0.15) is 6.29 Å². The first-order valence-electron chi connectivity index (χ1n) is 6.12. The molecular weight excluding hydrogens is 228 g/mol. The Morgan fingerprint density at radius 1 is 1.44 bits per heavy atom. The minimum Gasteiger partial charge on any atom is -0.327 e. The predicted molar refractivity (Wildman–Crippen MR) is 68.4 cm³/mol. The third kappa shape index (κ3) is 2.76. The van der Waals surface area contributed by atoms with Crippen molar-refractivity contribution in [3.8, 4) is 0 Å². The molecule has 0 saturated carbocycles. The Bertz CT molecular complexity index is 419. The van der Waals surface area contributed by atoms with Crippen LogP contribution in [-0.4, -0.2) is 29.2 Å². The van der Waals surface area contributed by atoms with Crippen LogP contribution in [0.25, 0.3) is 0 Å². The number of amides is 1. The summed E-state index contributed by atoms with van der Waals surface area (Å²) < 4.78 is 0. The Kier molecular flexibility index (Phi) is 4.10. The molecule has 1 aliphatic heterocycles. The van der Waals surface area contributed by atoms with Gasteiger partial charge in [0.15, 0.2) is 0 Å². The van der Waals surface area contributed by atoms with E-state index in [0.29, 0.717) is 12.8 Å². The molecule has 1 fully saturated rings. The average molecular weight is 245 g/mol. The van der Waals surface area contributed by atoms with Crippen molar-refractivity contribution in [2.24, 2.45) is 5.73 Å². The molecule has 0 spiro atoms. The van der Waals surface area contributed by atoms with E-state index in [4.69, 9.17) is 5.73 Å². The van der Waals surface area contributed by atoms with Gasteiger partial charge in [0, 0.05) is 0 Å². The number of nitrogens with two attached hydrogens (primary N) is 1. The lowest BCUT2D eigenvalue weighted by molar-refractivity contribution is -0.134. The van der Waals surface area contributed by atoms with Crippen molar-refractivity contribution in [1.29, 1.82) is 0 Å². The third-order valence-electron chi connectivity index (χ3n) is 3.17. The van der Waals surface area contributed by atoms with Gasteiger partial charge in [0.25, 0.3) is 0 Å². The topological polar surface area (TPSA) is 63.4 Å². The summed E-state index contributed by atoms with van der Waals surface area (Å²) in [5.41, 5.74) is 6.95. The molecule has 4 heteroatoms. The zero-order valence-corrected chi connectivity index (χ0v) is 10.2. The van der Waals surface area contributed by atoms with Crippen molar-refractivity contribution < 1.29 is 9.59 Å². The van der Waals surface area contributed by atoms with Gasteiger partial charge in [-0.15, -0.1) is 0 Å². The maximum atomic E-state index is 12.1. The molecular formula is C14H17N2O2. The Balaban J connectivity index is 1.98. The van der Waals surface area contributed by atoms with Crippen LogP contribution in [0.15, 0.2) is 30.3 Å². The molecule has 0 aliphatic carbocycles. The van der Waals surface area contributed by atoms with Gasteiger partial charge in [0.05, 0.1) is 18.6 Å². The van der Waals surface area contributed by atoms with E-state index in [1.165, 1.54) is 4.90 Å². The first-order valence-corrected chi connectivity index (χ1v) is 6.12. The number of aldehydes is 1. The molecule has 0 unspecified atom stereocenters. The smallest absolute Gasteiger partial charge is 0.240 e. The second kappa shape index (κ2) is 5.78. The Labute approximate surface area is 107 Å². The quantitative estimate of drug-likeness (QED) is 0.802. The zero-order chi connectivity index (χ0) is 13.0. The second-order valence-corrected chi connectivity index (χ2v) is 4.51. The summed E-state index contributed by atoms with van der Waals surface area (Å²) in [6.45, 7) is 1.77. The molecule has 1 aliphatic rings. The van der Waals surface area contributed by atoms with E-state index in [0.717, 1.165) is 18.3 Å². The first kappa shape index (κ1) is 12.8. The van der Waals surface area contributed by atoms with Crippen molar-refractivity contribution in [3.05, 3.63) is 42.4 Å². The van der Waals surface area contributed by atoms with Gasteiger partial charge in [-0.3, -0.25) is 4.79 Å². The van der Waals surface area contributed by atoms with E-state index in [2.05, 4.69) is 0 Å². The fourth-order valence-electron chi connectivity index (χ4n) is 2.19. The number of nitrogens with zero attached hydrogens (tertiary/aromatic N) is 1. The van der Waals surface area contributed by atoms with Gasteiger partial charge < -0.3 is 15.4 Å². The van der Waals surface area contributed by atoms with Crippen molar-refractivity contribution in [1.82, 2.24) is 4.90 Å². The van der Waals surface area contributed by atoms with Gasteiger partial charge in [0.2, 0.25) is 5.91 Å². The number of carbonyl (C=O) groups is 2. The molecule has 4 nitrogen and oxygen atoms in total. The van der Waals surface area contributed by atoms with Gasteiger partial charge >= 0.3 is 0 Å². The number of likely N-dealkylation sites (tertiary alicyclic amines) is 1. The molecule has 18 heavy (non-hydrogen) atoms. The summed E-state index contributed by atoms with van der Waals surface area (Å²) in [6.07, 6.45) is 2.77. The van der Waals surface area contributed by atoms with E-state index in [9.17, 15) is 9.59 Å². The van der Waals surface area contributed by atoms with Crippen LogP contribution in [0.3, 0.4) is 0 Å². The molecule has 2 atom stereocenters. The van der Waals surface area contributed by atoms with E-state index >= 15 is 0 Å². The van der Waals surface area contributed by atoms with E-state index in [1.54, 1.807) is 6.54 Å². The third-order valence-corrected chi connectivity index (χ3v) is 3.17. The first-order chi connectivity index (χ1) is 8.72. The molecule has 1 heterocycles. The zero-order valence-electron chi connectivity index (χ0n) is 10.2. The van der Waals surface area contributed by atoms with Crippen molar-refractivity contribution in [3.63, 3.8) is 0 Å². The van der Waals surface area contributed by atoms with Crippen molar-refractivity contribution >= 4 is 12.2 Å². The highest BCUT2D eigenvalue weighted by Crippen LogP contribution is 2.20. The maximum Gasteiger partial charge on any atom is 0.240 e. The fraction of sp³-hybridized carbons (Fsp3) is 0.357. The standard InChI is InChI=1S/C14H17N2O2/c15-13(9-11-5-2-1-3-6-11)14(18)16-8-4-7-12(16)10-17/h1-3,5-6,8,10,12-13H,4,7,9,15H2/t12-,13+/m0/s1. The summed E-state index contributed by atoms with van der Waals surface area (Å²) >= 11 is 0. The molecule has 2 N–H and O–H groups in total. The molecule has 2 rings (SSSR count). The summed E-state index contributed by atoms with van der Waals surface area (Å²) in [5.74, 6) is -0.173. The largest absolute Gasteiger partial charge is 0.327 e. The molecule has 0 aromatic heterocycles. The number of hydrogen-bond donors (Lipinski definition) is 1. The van der Waals surface area contributed by atoms with Gasteiger partial charge in [-0.05, 0) is 24.8 Å². The average Bonchev–Trinajstić information content (AvgIpc) is 2.87. The number of rotatable bonds is 4. The lowest BCUT2D eigenvalue weighted by Gasteiger charge is -2.23. The molecule has 1 saturated heterocycles. The molecule has 1 radical (unpaired) electrons. The molecule has 1 aromatic rings. The van der Waals surface area contributed by atoms with Crippen LogP contribution >= 0.6 is 0 Å². The highest BCUT2D eigenvalue weighted by molar-refractivity contribution is 5.85. The molecule has 0 bridgehead atoms. The van der Waals surface area contributed by atoms with Crippen LogP contribution < -0.4 is 5.73 Å². The van der Waals surface area contributed by atoms with E-state index in [1.807, 2.05) is 30.3 Å². The lowest BCUT2D eigenvalue weighted by Crippen LogP contribution is -2.46. The minimum absolute atomic E-state index is 0.173. The van der Waals surface area contributed by atoms with Crippen molar-refractivity contribution in [2.45, 2.75) is 31.3 Å². The molecule has 1 amide bonds. The molecule has 1 aromatic carbocycles. The number of carbonyl (C=O) groups excluding carboxylic acids is 2. The van der Waals surface area contributed by atoms with Crippen LogP contribution in [0.1, 0.15) is 18.4 Å². The molecule has 95 valence electrons. The highest BCUT2D eigenvalue weighted by atomic mass is 16.2. The number of benzene rings is 1. The Morgan fingerprint density at radius 3 is 2.83 bits per heavy atom. The Morgan fingerprint density at radius 2 is 2.17 bits per heavy atom. The highest BCUT2D eigenvalue weighted by Gasteiger charge is 2.31. The van der Waals surface area contributed by atoms with E-state index < -0.39 is 6.04 Å². The summed E-state index contributed by atoms with van der Waals surface area (Å²) in [7, 11) is 0. The van der Waals surface area contributed by atoms with Gasteiger partial charge in [-0.25, -0.2) is 0 Å². The van der Waals surface area contributed by atoms with Crippen LogP contribution in [-0.2, 0) is 16.0 Å².